The van der Waals surface area contributed by atoms with Crippen molar-refractivity contribution in [3.05, 3.63) is 46.9 Å². The first-order valence-corrected chi connectivity index (χ1v) is 10.1. The third kappa shape index (κ3) is 4.42. The minimum Gasteiger partial charge on any atom is -0.395 e. The van der Waals surface area contributed by atoms with Crippen LogP contribution >= 0.6 is 23.1 Å². The fourth-order valence-electron chi connectivity index (χ4n) is 2.55. The highest BCUT2D eigenvalue weighted by atomic mass is 32.2. The van der Waals surface area contributed by atoms with Crippen molar-refractivity contribution in [3.63, 3.8) is 0 Å². The van der Waals surface area contributed by atoms with Gasteiger partial charge in [-0.05, 0) is 30.0 Å². The topological polar surface area (TPSA) is 78.3 Å². The van der Waals surface area contributed by atoms with Crippen LogP contribution in [0.25, 0.3) is 0 Å². The molecule has 1 N–H and O–H groups in total. The first-order chi connectivity index (χ1) is 13.5. The van der Waals surface area contributed by atoms with E-state index in [0.717, 1.165) is 6.42 Å². The van der Waals surface area contributed by atoms with Gasteiger partial charge in [-0.15, -0.1) is 30.3 Å². The number of nitrogens with one attached hydrogen (secondary N) is 1. The lowest BCUT2D eigenvalue weighted by molar-refractivity contribution is -0.286. The number of halogens is 2. The Morgan fingerprint density at radius 2 is 2.14 bits per heavy atom. The third-order valence-corrected chi connectivity index (χ3v) is 5.69. The van der Waals surface area contributed by atoms with Gasteiger partial charge in [0.15, 0.2) is 16.7 Å². The zero-order valence-electron chi connectivity index (χ0n) is 14.3. The van der Waals surface area contributed by atoms with Crippen LogP contribution in [0, 0.1) is 0 Å². The van der Waals surface area contributed by atoms with Crippen LogP contribution in [0.3, 0.4) is 0 Å². The molecule has 1 aromatic carbocycles. The highest BCUT2D eigenvalue weighted by Gasteiger charge is 2.43. The quantitative estimate of drug-likeness (QED) is 0.584. The Balaban J connectivity index is 1.30. The molecule has 4 rings (SSSR count). The summed E-state index contributed by atoms with van der Waals surface area (Å²) < 4.78 is 36.7. The van der Waals surface area contributed by atoms with E-state index in [0.29, 0.717) is 17.4 Å². The van der Waals surface area contributed by atoms with Gasteiger partial charge >= 0.3 is 6.29 Å². The van der Waals surface area contributed by atoms with Crippen LogP contribution in [0.1, 0.15) is 4.88 Å². The van der Waals surface area contributed by atoms with Gasteiger partial charge in [0.2, 0.25) is 5.91 Å². The largest absolute Gasteiger partial charge is 0.586 e. The highest BCUT2D eigenvalue weighted by Crippen LogP contribution is 2.42. The molecule has 11 heteroatoms. The van der Waals surface area contributed by atoms with E-state index in [9.17, 15) is 13.6 Å². The molecule has 0 unspecified atom stereocenters. The molecular weight excluding hydrogens is 410 g/mol. The molecule has 1 amide bonds. The third-order valence-electron chi connectivity index (χ3n) is 3.78. The van der Waals surface area contributed by atoms with Crippen molar-refractivity contribution in [3.8, 4) is 11.5 Å². The number of nitrogens with zero attached hydrogens (tertiary/aromatic N) is 3. The van der Waals surface area contributed by atoms with Gasteiger partial charge in [0.25, 0.3) is 0 Å². The molecular formula is C17H14F2N4O3S2. The summed E-state index contributed by atoms with van der Waals surface area (Å²) in [6, 6.07) is 8.15. The number of benzene rings is 1. The zero-order valence-corrected chi connectivity index (χ0v) is 15.9. The lowest BCUT2D eigenvalue weighted by Crippen LogP contribution is -2.25. The Morgan fingerprint density at radius 3 is 2.96 bits per heavy atom. The molecule has 1 aliphatic rings. The molecule has 7 nitrogen and oxygen atoms in total. The van der Waals surface area contributed by atoms with Gasteiger partial charge in [-0.25, -0.2) is 0 Å². The summed E-state index contributed by atoms with van der Waals surface area (Å²) in [5.74, 6) is -0.397. The minimum absolute atomic E-state index is 0.0729. The normalized spacial score (nSPS) is 14.2. The van der Waals surface area contributed by atoms with Gasteiger partial charge in [-0.2, -0.15) is 0 Å². The van der Waals surface area contributed by atoms with Crippen molar-refractivity contribution in [2.24, 2.45) is 0 Å². The number of anilines is 1. The van der Waals surface area contributed by atoms with E-state index in [2.05, 4.69) is 31.1 Å². The van der Waals surface area contributed by atoms with Crippen LogP contribution in [-0.2, 0) is 17.8 Å². The predicted molar refractivity (Wildman–Crippen MR) is 100 cm³/mol. The van der Waals surface area contributed by atoms with E-state index in [-0.39, 0.29) is 23.2 Å². The molecule has 1 aliphatic heterocycles. The fraction of sp³-hybridized carbons (Fsp3) is 0.235. The summed E-state index contributed by atoms with van der Waals surface area (Å²) in [5.41, 5.74) is 0.338. The molecule has 3 aromatic rings. The van der Waals surface area contributed by atoms with Crippen molar-refractivity contribution in [2.45, 2.75) is 24.4 Å². The summed E-state index contributed by atoms with van der Waals surface area (Å²) >= 11 is 2.94. The molecule has 0 radical (unpaired) electrons. The number of carbonyl (C=O) groups is 1. The lowest BCUT2D eigenvalue weighted by atomic mass is 10.3. The van der Waals surface area contributed by atoms with Crippen LogP contribution in [-0.4, -0.2) is 32.7 Å². The van der Waals surface area contributed by atoms with E-state index >= 15 is 0 Å². The van der Waals surface area contributed by atoms with E-state index in [1.807, 2.05) is 16.0 Å². The second-order valence-electron chi connectivity index (χ2n) is 5.80. The Hall–Kier alpha value is -2.66. The van der Waals surface area contributed by atoms with Crippen LogP contribution in [0.4, 0.5) is 14.5 Å². The second kappa shape index (κ2) is 7.76. The smallest absolute Gasteiger partial charge is 0.395 e. The Labute approximate surface area is 166 Å². The second-order valence-corrected chi connectivity index (χ2v) is 7.78. The Bertz CT molecular complexity index is 979. The van der Waals surface area contributed by atoms with E-state index < -0.39 is 6.29 Å². The molecule has 0 saturated heterocycles. The highest BCUT2D eigenvalue weighted by molar-refractivity contribution is 7.99. The molecule has 0 aliphatic carbocycles. The van der Waals surface area contributed by atoms with E-state index in [4.69, 9.17) is 0 Å². The molecule has 2 aromatic heterocycles. The minimum atomic E-state index is -3.69. The number of thioether (sulfide) groups is 1. The molecule has 0 atom stereocenters. The fourth-order valence-corrected chi connectivity index (χ4v) is 3.99. The number of aromatic nitrogens is 3. The van der Waals surface area contributed by atoms with Crippen molar-refractivity contribution in [2.75, 3.05) is 11.1 Å². The number of ether oxygens (including phenoxy) is 2. The number of hydrogen-bond donors (Lipinski definition) is 1. The number of hydrogen-bond acceptors (Lipinski definition) is 7. The first kappa shape index (κ1) is 18.7. The summed E-state index contributed by atoms with van der Waals surface area (Å²) in [4.78, 5) is 13.4. The van der Waals surface area contributed by atoms with Gasteiger partial charge in [0.05, 0.1) is 5.75 Å². The summed E-state index contributed by atoms with van der Waals surface area (Å²) in [6.45, 7) is 0.716. The molecule has 0 spiro atoms. The average molecular weight is 424 g/mol. The SMILES string of the molecule is O=C(CSc1nncn1CCc1cccs1)Nc1ccc2c(c1)OC(F)(F)O2. The van der Waals surface area contributed by atoms with Crippen molar-refractivity contribution in [1.82, 2.24) is 14.8 Å². The number of fused-ring (bicyclic) bond motifs is 1. The molecule has 3 heterocycles. The molecule has 0 fully saturated rings. The lowest BCUT2D eigenvalue weighted by Gasteiger charge is -2.07. The van der Waals surface area contributed by atoms with Crippen LogP contribution < -0.4 is 14.8 Å². The maximum Gasteiger partial charge on any atom is 0.586 e. The van der Waals surface area contributed by atoms with Crippen molar-refractivity contribution >= 4 is 34.7 Å². The number of alkyl halides is 2. The zero-order chi connectivity index (χ0) is 19.6. The summed E-state index contributed by atoms with van der Waals surface area (Å²) in [7, 11) is 0. The van der Waals surface area contributed by atoms with Gasteiger partial charge in [0.1, 0.15) is 6.33 Å². The number of aryl methyl sites for hydroxylation is 2. The van der Waals surface area contributed by atoms with Gasteiger partial charge in [-0.1, -0.05) is 17.8 Å². The molecule has 28 heavy (non-hydrogen) atoms. The maximum absolute atomic E-state index is 13.0. The number of rotatable bonds is 7. The van der Waals surface area contributed by atoms with Crippen molar-refractivity contribution in [1.29, 1.82) is 0 Å². The van der Waals surface area contributed by atoms with Crippen LogP contribution in [0.5, 0.6) is 11.5 Å². The molecule has 0 bridgehead atoms. The van der Waals surface area contributed by atoms with E-state index in [1.54, 1.807) is 17.7 Å². The maximum atomic E-state index is 13.0. The Morgan fingerprint density at radius 1 is 1.29 bits per heavy atom. The van der Waals surface area contributed by atoms with Gasteiger partial charge in [0, 0.05) is 23.2 Å². The van der Waals surface area contributed by atoms with Crippen LogP contribution in [0.2, 0.25) is 0 Å². The van der Waals surface area contributed by atoms with Gasteiger partial charge < -0.3 is 19.4 Å². The first-order valence-electron chi connectivity index (χ1n) is 8.21. The van der Waals surface area contributed by atoms with Gasteiger partial charge in [-0.3, -0.25) is 4.79 Å². The monoisotopic (exact) mass is 424 g/mol. The van der Waals surface area contributed by atoms with E-state index in [1.165, 1.54) is 34.8 Å². The predicted octanol–water partition coefficient (Wildman–Crippen LogP) is 3.63. The summed E-state index contributed by atoms with van der Waals surface area (Å²) in [5, 5.41) is 13.2. The number of carbonyl (C=O) groups excluding carboxylic acids is 1. The average Bonchev–Trinajstić information content (AvgIpc) is 3.36. The summed E-state index contributed by atoms with van der Waals surface area (Å²) in [6.07, 6.45) is -1.20. The number of thiophene rings is 1. The Kier molecular flexibility index (Phi) is 5.18. The standard InChI is InChI=1S/C17H14F2N4O3S2/c18-17(19)25-13-4-3-11(8-14(13)26-17)21-15(24)9-28-16-22-20-10-23(16)6-5-12-2-1-7-27-12/h1-4,7-8,10H,5-6,9H2,(H,21,24). The van der Waals surface area contributed by atoms with Crippen LogP contribution in [0.15, 0.2) is 47.2 Å². The number of amides is 1. The van der Waals surface area contributed by atoms with Crippen molar-refractivity contribution < 1.29 is 23.0 Å². The molecule has 0 saturated carbocycles. The molecule has 146 valence electrons.